The SMILES string of the molecule is c1ccc(-c2cc(-c3ccccc3)nc(-c3ccc(-c4ccc5c6ccccc6n(-c6ccccc6)c5c4)c(-c4nc(-c5ccccc5)nc(-c5ccccc5)n4)c3)n2)cc1. The van der Waals surface area contributed by atoms with Crippen molar-refractivity contribution in [2.45, 2.75) is 0 Å². The smallest absolute Gasteiger partial charge is 0.164 e. The summed E-state index contributed by atoms with van der Waals surface area (Å²) in [6, 6.07) is 75.1. The maximum absolute atomic E-state index is 5.24. The minimum absolute atomic E-state index is 0.552. The standard InChI is InChI=1S/C55H36N6/c1-6-18-37(19-7-1)48-36-49(38-20-8-2-9-21-38)57-54(56-48)42-31-32-44(41-30-33-46-45-28-16-17-29-50(45)61(51(46)35-41)43-26-14-5-15-27-43)47(34-42)55-59-52(39-22-10-3-11-23-39)58-53(60-55)40-24-12-4-13-25-40/h1-36H. The van der Waals surface area contributed by atoms with Crippen molar-refractivity contribution < 1.29 is 0 Å². The molecule has 6 heteroatoms. The monoisotopic (exact) mass is 780 g/mol. The summed E-state index contributed by atoms with van der Waals surface area (Å²) in [4.78, 5) is 25.9. The first-order valence-electron chi connectivity index (χ1n) is 20.3. The average Bonchev–Trinajstić information content (AvgIpc) is 3.68. The maximum Gasteiger partial charge on any atom is 0.164 e. The molecule has 0 aliphatic heterocycles. The van der Waals surface area contributed by atoms with E-state index in [9.17, 15) is 0 Å². The van der Waals surface area contributed by atoms with E-state index in [1.807, 2.05) is 97.1 Å². The highest BCUT2D eigenvalue weighted by atomic mass is 15.0. The summed E-state index contributed by atoms with van der Waals surface area (Å²) in [5.41, 5.74) is 12.6. The van der Waals surface area contributed by atoms with Crippen molar-refractivity contribution in [3.05, 3.63) is 218 Å². The van der Waals surface area contributed by atoms with E-state index in [0.29, 0.717) is 23.3 Å². The fourth-order valence-corrected chi connectivity index (χ4v) is 8.13. The van der Waals surface area contributed by atoms with E-state index < -0.39 is 0 Å². The van der Waals surface area contributed by atoms with Crippen molar-refractivity contribution in [2.75, 3.05) is 0 Å². The van der Waals surface area contributed by atoms with Crippen LogP contribution in [0.3, 0.4) is 0 Å². The van der Waals surface area contributed by atoms with E-state index in [4.69, 9.17) is 24.9 Å². The molecule has 0 spiro atoms. The summed E-state index contributed by atoms with van der Waals surface area (Å²) >= 11 is 0. The van der Waals surface area contributed by atoms with Gasteiger partial charge in [-0.05, 0) is 47.5 Å². The number of benzene rings is 8. The zero-order valence-corrected chi connectivity index (χ0v) is 33.0. The summed E-state index contributed by atoms with van der Waals surface area (Å²) in [6.45, 7) is 0. The second kappa shape index (κ2) is 15.4. The van der Waals surface area contributed by atoms with Crippen LogP contribution >= 0.6 is 0 Å². The predicted octanol–water partition coefficient (Wildman–Crippen LogP) is 13.4. The molecule has 11 rings (SSSR count). The molecular weight excluding hydrogens is 745 g/mol. The summed E-state index contributed by atoms with van der Waals surface area (Å²) < 4.78 is 2.35. The van der Waals surface area contributed by atoms with Gasteiger partial charge in [-0.1, -0.05) is 182 Å². The van der Waals surface area contributed by atoms with Crippen molar-refractivity contribution in [1.82, 2.24) is 29.5 Å². The minimum atomic E-state index is 0.552. The number of aromatic nitrogens is 6. The van der Waals surface area contributed by atoms with Crippen LogP contribution in [0, 0.1) is 0 Å². The first kappa shape index (κ1) is 35.8. The van der Waals surface area contributed by atoms with Gasteiger partial charge in [0, 0.05) is 49.8 Å². The second-order valence-corrected chi connectivity index (χ2v) is 14.9. The van der Waals surface area contributed by atoms with Gasteiger partial charge in [0.15, 0.2) is 23.3 Å². The van der Waals surface area contributed by atoms with Crippen molar-refractivity contribution in [1.29, 1.82) is 0 Å². The van der Waals surface area contributed by atoms with Gasteiger partial charge in [-0.15, -0.1) is 0 Å². The van der Waals surface area contributed by atoms with Gasteiger partial charge in [0.25, 0.3) is 0 Å². The normalized spacial score (nSPS) is 11.3. The molecule has 8 aromatic carbocycles. The van der Waals surface area contributed by atoms with Crippen molar-refractivity contribution >= 4 is 21.8 Å². The number of nitrogens with zero attached hydrogens (tertiary/aromatic N) is 6. The molecule has 0 fully saturated rings. The van der Waals surface area contributed by atoms with Gasteiger partial charge in [0.1, 0.15) is 0 Å². The lowest BCUT2D eigenvalue weighted by atomic mass is 9.95. The molecule has 0 aliphatic carbocycles. The summed E-state index contributed by atoms with van der Waals surface area (Å²) in [7, 11) is 0. The molecule has 0 unspecified atom stereocenters. The molecule has 0 saturated carbocycles. The number of hydrogen-bond acceptors (Lipinski definition) is 5. The first-order valence-corrected chi connectivity index (χ1v) is 20.3. The highest BCUT2D eigenvalue weighted by Gasteiger charge is 2.20. The van der Waals surface area contributed by atoms with Gasteiger partial charge in [0.05, 0.1) is 22.4 Å². The van der Waals surface area contributed by atoms with E-state index >= 15 is 0 Å². The van der Waals surface area contributed by atoms with Crippen LogP contribution in [0.25, 0.3) is 107 Å². The molecule has 0 aliphatic rings. The molecule has 3 aromatic heterocycles. The van der Waals surface area contributed by atoms with E-state index in [1.54, 1.807) is 0 Å². The van der Waals surface area contributed by atoms with Crippen LogP contribution in [0.15, 0.2) is 218 Å². The van der Waals surface area contributed by atoms with Crippen molar-refractivity contribution in [3.63, 3.8) is 0 Å². The second-order valence-electron chi connectivity index (χ2n) is 14.9. The Labute approximate surface area is 353 Å². The van der Waals surface area contributed by atoms with E-state index in [-0.39, 0.29) is 0 Å². The molecule has 3 heterocycles. The van der Waals surface area contributed by atoms with Gasteiger partial charge in [-0.2, -0.15) is 0 Å². The van der Waals surface area contributed by atoms with Gasteiger partial charge in [-0.3, -0.25) is 0 Å². The predicted molar refractivity (Wildman–Crippen MR) is 248 cm³/mol. The van der Waals surface area contributed by atoms with Gasteiger partial charge < -0.3 is 4.57 Å². The number of para-hydroxylation sites is 2. The van der Waals surface area contributed by atoms with Crippen LogP contribution in [0.4, 0.5) is 0 Å². The third-order valence-electron chi connectivity index (χ3n) is 11.1. The van der Waals surface area contributed by atoms with Crippen LogP contribution < -0.4 is 0 Å². The molecule has 286 valence electrons. The minimum Gasteiger partial charge on any atom is -0.309 e. The van der Waals surface area contributed by atoms with Gasteiger partial charge >= 0.3 is 0 Å². The summed E-state index contributed by atoms with van der Waals surface area (Å²) in [6.07, 6.45) is 0. The molecule has 0 atom stereocenters. The fraction of sp³-hybridized carbons (Fsp3) is 0. The van der Waals surface area contributed by atoms with Crippen molar-refractivity contribution in [3.8, 4) is 84.9 Å². The maximum atomic E-state index is 5.24. The zero-order chi connectivity index (χ0) is 40.5. The lowest BCUT2D eigenvalue weighted by molar-refractivity contribution is 1.07. The third-order valence-corrected chi connectivity index (χ3v) is 11.1. The Bertz CT molecular complexity index is 3220. The number of fused-ring (bicyclic) bond motifs is 3. The molecular formula is C55H36N6. The Morgan fingerprint density at radius 3 is 1.31 bits per heavy atom. The number of hydrogen-bond donors (Lipinski definition) is 0. The first-order chi connectivity index (χ1) is 30.2. The molecule has 11 aromatic rings. The molecule has 0 N–H and O–H groups in total. The van der Waals surface area contributed by atoms with E-state index in [1.165, 1.54) is 10.8 Å². The van der Waals surface area contributed by atoms with Gasteiger partial charge in [0.2, 0.25) is 0 Å². The highest BCUT2D eigenvalue weighted by Crippen LogP contribution is 2.40. The van der Waals surface area contributed by atoms with Crippen LogP contribution in [0.2, 0.25) is 0 Å². The van der Waals surface area contributed by atoms with E-state index in [2.05, 4.69) is 126 Å². The molecule has 0 amide bonds. The van der Waals surface area contributed by atoms with Crippen molar-refractivity contribution in [2.24, 2.45) is 0 Å². The largest absolute Gasteiger partial charge is 0.309 e. The quantitative estimate of drug-likeness (QED) is 0.154. The molecule has 6 nitrogen and oxygen atoms in total. The Morgan fingerprint density at radius 1 is 0.262 bits per heavy atom. The average molecular weight is 781 g/mol. The van der Waals surface area contributed by atoms with E-state index in [0.717, 1.165) is 72.6 Å². The van der Waals surface area contributed by atoms with Crippen LogP contribution in [0.5, 0.6) is 0 Å². The Morgan fingerprint density at radius 2 is 0.721 bits per heavy atom. The zero-order valence-electron chi connectivity index (χ0n) is 33.0. The van der Waals surface area contributed by atoms with Crippen LogP contribution in [-0.4, -0.2) is 29.5 Å². The summed E-state index contributed by atoms with van der Waals surface area (Å²) in [5, 5.41) is 2.38. The Balaban J connectivity index is 1.18. The molecule has 61 heavy (non-hydrogen) atoms. The number of rotatable bonds is 8. The molecule has 0 radical (unpaired) electrons. The Kier molecular flexibility index (Phi) is 9.06. The third kappa shape index (κ3) is 6.82. The summed E-state index contributed by atoms with van der Waals surface area (Å²) in [5.74, 6) is 2.34. The van der Waals surface area contributed by atoms with Crippen LogP contribution in [0.1, 0.15) is 0 Å². The molecule has 0 bridgehead atoms. The van der Waals surface area contributed by atoms with Crippen LogP contribution in [-0.2, 0) is 0 Å². The lowest BCUT2D eigenvalue weighted by Gasteiger charge is -2.15. The lowest BCUT2D eigenvalue weighted by Crippen LogP contribution is -2.02. The Hall–Kier alpha value is -8.35. The highest BCUT2D eigenvalue weighted by molar-refractivity contribution is 6.10. The fourth-order valence-electron chi connectivity index (χ4n) is 8.13. The molecule has 0 saturated heterocycles. The topological polar surface area (TPSA) is 69.4 Å². The van der Waals surface area contributed by atoms with Gasteiger partial charge in [-0.25, -0.2) is 24.9 Å².